The zero-order valence-electron chi connectivity index (χ0n) is 10.0. The van der Waals surface area contributed by atoms with Gasteiger partial charge in [0.15, 0.2) is 0 Å². The molecule has 0 aromatic carbocycles. The van der Waals surface area contributed by atoms with Crippen molar-refractivity contribution in [2.75, 3.05) is 14.2 Å². The molecule has 0 radical (unpaired) electrons. The summed E-state index contributed by atoms with van der Waals surface area (Å²) in [6, 6.07) is 1.30. The molecule has 0 rings (SSSR count). The zero-order valence-corrected chi connectivity index (χ0v) is 11.0. The van der Waals surface area contributed by atoms with Crippen molar-refractivity contribution in [1.29, 1.82) is 0 Å². The van der Waals surface area contributed by atoms with E-state index < -0.39 is 8.56 Å². The van der Waals surface area contributed by atoms with Gasteiger partial charge in [-0.1, -0.05) is 19.8 Å². The predicted octanol–water partition coefficient (Wildman–Crippen LogP) is 2.26. The Kier molecular flexibility index (Phi) is 7.45. The van der Waals surface area contributed by atoms with Crippen molar-refractivity contribution in [1.82, 2.24) is 0 Å². The molecule has 0 fully saturated rings. The molecule has 0 aliphatic rings. The molecule has 2 N–H and O–H groups in total. The maximum Gasteiger partial charge on any atom is 0.334 e. The summed E-state index contributed by atoms with van der Waals surface area (Å²) in [7, 11) is 1.58. The van der Waals surface area contributed by atoms with Gasteiger partial charge in [-0.15, -0.1) is 0 Å². The standard InChI is InChI=1S/C10H25NO2Si/c1-5-6-7-10(11)8-9-14(4,12-2)13-3/h10H,5-9,11H2,1-4H3. The van der Waals surface area contributed by atoms with Gasteiger partial charge in [0.2, 0.25) is 0 Å². The highest BCUT2D eigenvalue weighted by Gasteiger charge is 2.28. The van der Waals surface area contributed by atoms with E-state index in [1.54, 1.807) is 14.2 Å². The van der Waals surface area contributed by atoms with Crippen LogP contribution in [0.3, 0.4) is 0 Å². The Morgan fingerprint density at radius 3 is 2.21 bits per heavy atom. The Balaban J connectivity index is 3.68. The number of hydrogen-bond donors (Lipinski definition) is 1. The van der Waals surface area contributed by atoms with Crippen LogP contribution < -0.4 is 5.73 Å². The van der Waals surface area contributed by atoms with Crippen LogP contribution >= 0.6 is 0 Å². The fourth-order valence-electron chi connectivity index (χ4n) is 1.35. The third kappa shape index (κ3) is 5.75. The lowest BCUT2D eigenvalue weighted by Crippen LogP contribution is -2.37. The fourth-order valence-corrected chi connectivity index (χ4v) is 2.82. The lowest BCUT2D eigenvalue weighted by atomic mass is 10.1. The van der Waals surface area contributed by atoms with Gasteiger partial charge >= 0.3 is 8.56 Å². The van der Waals surface area contributed by atoms with Crippen LogP contribution in [0.4, 0.5) is 0 Å². The molecule has 0 spiro atoms. The van der Waals surface area contributed by atoms with Crippen LogP contribution in [0, 0.1) is 0 Å². The van der Waals surface area contributed by atoms with Crippen LogP contribution in [0.2, 0.25) is 12.6 Å². The second-order valence-corrected chi connectivity index (χ2v) is 7.57. The molecule has 86 valence electrons. The van der Waals surface area contributed by atoms with E-state index in [1.807, 2.05) is 0 Å². The van der Waals surface area contributed by atoms with Crippen LogP contribution in [0.1, 0.15) is 32.6 Å². The summed E-state index contributed by atoms with van der Waals surface area (Å²) >= 11 is 0. The second kappa shape index (κ2) is 7.40. The summed E-state index contributed by atoms with van der Waals surface area (Å²) in [5.41, 5.74) is 5.99. The average Bonchev–Trinajstić information content (AvgIpc) is 2.23. The molecule has 3 nitrogen and oxygen atoms in total. The van der Waals surface area contributed by atoms with Gasteiger partial charge in [0.25, 0.3) is 0 Å². The largest absolute Gasteiger partial charge is 0.398 e. The maximum absolute atomic E-state index is 5.99. The average molecular weight is 219 g/mol. The minimum absolute atomic E-state index is 0.312. The summed E-state index contributed by atoms with van der Waals surface area (Å²) in [6.07, 6.45) is 4.58. The first-order valence-corrected chi connectivity index (χ1v) is 7.96. The summed E-state index contributed by atoms with van der Waals surface area (Å²) < 4.78 is 10.8. The molecule has 0 saturated carbocycles. The molecule has 0 bridgehead atoms. The van der Waals surface area contributed by atoms with Crippen LogP contribution in [-0.4, -0.2) is 28.8 Å². The molecule has 0 aromatic heterocycles. The SMILES string of the molecule is CCCCC(N)CC[Si](C)(OC)OC. The van der Waals surface area contributed by atoms with Gasteiger partial charge in [-0.2, -0.15) is 0 Å². The summed E-state index contributed by atoms with van der Waals surface area (Å²) in [5, 5.41) is 0. The van der Waals surface area contributed by atoms with E-state index in [0.29, 0.717) is 6.04 Å². The minimum atomic E-state index is -1.88. The lowest BCUT2D eigenvalue weighted by molar-refractivity contribution is 0.247. The number of rotatable bonds is 8. The Bertz CT molecular complexity index is 140. The van der Waals surface area contributed by atoms with E-state index in [2.05, 4.69) is 13.5 Å². The van der Waals surface area contributed by atoms with E-state index >= 15 is 0 Å². The first-order chi connectivity index (χ1) is 6.58. The van der Waals surface area contributed by atoms with Gasteiger partial charge in [0, 0.05) is 20.3 Å². The lowest BCUT2D eigenvalue weighted by Gasteiger charge is -2.24. The number of nitrogens with two attached hydrogens (primary N) is 1. The third-order valence-electron chi connectivity index (χ3n) is 2.76. The molecule has 0 amide bonds. The molecule has 14 heavy (non-hydrogen) atoms. The van der Waals surface area contributed by atoms with E-state index in [-0.39, 0.29) is 0 Å². The quantitative estimate of drug-likeness (QED) is 0.637. The van der Waals surface area contributed by atoms with Gasteiger partial charge < -0.3 is 14.6 Å². The Hall–Kier alpha value is 0.0969. The summed E-state index contributed by atoms with van der Waals surface area (Å²) in [5.74, 6) is 0. The number of unbranched alkanes of at least 4 members (excludes halogenated alkanes) is 1. The molecule has 4 heteroatoms. The summed E-state index contributed by atoms with van der Waals surface area (Å²) in [4.78, 5) is 0. The molecule has 1 atom stereocenters. The Labute approximate surface area is 89.2 Å². The van der Waals surface area contributed by atoms with Crippen molar-refractivity contribution in [3.05, 3.63) is 0 Å². The van der Waals surface area contributed by atoms with Crippen molar-refractivity contribution in [3.8, 4) is 0 Å². The molecule has 0 aliphatic heterocycles. The Morgan fingerprint density at radius 2 is 1.79 bits per heavy atom. The second-order valence-electron chi connectivity index (χ2n) is 3.98. The smallest absolute Gasteiger partial charge is 0.334 e. The van der Waals surface area contributed by atoms with E-state index in [1.165, 1.54) is 12.8 Å². The molecular formula is C10H25NO2Si. The molecule has 0 saturated heterocycles. The first kappa shape index (κ1) is 14.1. The number of hydrogen-bond acceptors (Lipinski definition) is 3. The van der Waals surface area contributed by atoms with Crippen LogP contribution in [0.15, 0.2) is 0 Å². The highest BCUT2D eigenvalue weighted by molar-refractivity contribution is 6.65. The molecule has 1 unspecified atom stereocenters. The first-order valence-electron chi connectivity index (χ1n) is 5.44. The van der Waals surface area contributed by atoms with Crippen molar-refractivity contribution in [2.45, 2.75) is 51.2 Å². The van der Waals surface area contributed by atoms with Crippen molar-refractivity contribution >= 4 is 8.56 Å². The van der Waals surface area contributed by atoms with E-state index in [9.17, 15) is 0 Å². The van der Waals surface area contributed by atoms with Crippen LogP contribution in [0.25, 0.3) is 0 Å². The van der Waals surface area contributed by atoms with Crippen molar-refractivity contribution in [3.63, 3.8) is 0 Å². The van der Waals surface area contributed by atoms with Gasteiger partial charge in [-0.25, -0.2) is 0 Å². The summed E-state index contributed by atoms with van der Waals surface area (Å²) in [6.45, 7) is 4.27. The Morgan fingerprint density at radius 1 is 1.21 bits per heavy atom. The molecule has 0 aromatic rings. The van der Waals surface area contributed by atoms with Crippen molar-refractivity contribution < 1.29 is 8.85 Å². The van der Waals surface area contributed by atoms with Gasteiger partial charge in [-0.3, -0.25) is 0 Å². The van der Waals surface area contributed by atoms with Crippen LogP contribution in [-0.2, 0) is 8.85 Å². The van der Waals surface area contributed by atoms with Crippen molar-refractivity contribution in [2.24, 2.45) is 5.73 Å². The highest BCUT2D eigenvalue weighted by Crippen LogP contribution is 2.16. The predicted molar refractivity (Wildman–Crippen MR) is 62.6 cm³/mol. The van der Waals surface area contributed by atoms with Gasteiger partial charge in [0.1, 0.15) is 0 Å². The normalized spacial score (nSPS) is 14.4. The zero-order chi connectivity index (χ0) is 11.0. The maximum atomic E-state index is 5.99. The van der Waals surface area contributed by atoms with E-state index in [0.717, 1.165) is 18.9 Å². The molecular weight excluding hydrogens is 194 g/mol. The third-order valence-corrected chi connectivity index (χ3v) is 5.69. The topological polar surface area (TPSA) is 44.5 Å². The monoisotopic (exact) mass is 219 g/mol. The fraction of sp³-hybridized carbons (Fsp3) is 1.00. The van der Waals surface area contributed by atoms with Gasteiger partial charge in [0.05, 0.1) is 0 Å². The van der Waals surface area contributed by atoms with E-state index in [4.69, 9.17) is 14.6 Å². The highest BCUT2D eigenvalue weighted by atomic mass is 28.4. The minimum Gasteiger partial charge on any atom is -0.398 e. The van der Waals surface area contributed by atoms with Gasteiger partial charge in [-0.05, 0) is 25.4 Å². The molecule has 0 heterocycles. The molecule has 0 aliphatic carbocycles. The van der Waals surface area contributed by atoms with Crippen LogP contribution in [0.5, 0.6) is 0 Å².